The molecule has 1 aliphatic rings. The number of aliphatic hydroxyl groups is 2. The predicted molar refractivity (Wildman–Crippen MR) is 37.7 cm³/mol. The monoisotopic (exact) mass is 160 g/mol. The van der Waals surface area contributed by atoms with Crippen LogP contribution in [0.3, 0.4) is 0 Å². The highest BCUT2D eigenvalue weighted by Gasteiger charge is 2.29. The van der Waals surface area contributed by atoms with Gasteiger partial charge < -0.3 is 19.7 Å². The lowest BCUT2D eigenvalue weighted by Crippen LogP contribution is -2.37. The molecule has 0 fully saturated rings. The number of hydrogen-bond acceptors (Lipinski definition) is 4. The van der Waals surface area contributed by atoms with Crippen molar-refractivity contribution in [2.45, 2.75) is 19.1 Å². The third kappa shape index (κ3) is 1.46. The minimum atomic E-state index is -0.950. The Hall–Kier alpha value is -0.740. The summed E-state index contributed by atoms with van der Waals surface area (Å²) in [5, 5.41) is 18.4. The molecule has 2 unspecified atom stereocenters. The highest BCUT2D eigenvalue weighted by molar-refractivity contribution is 5.09. The van der Waals surface area contributed by atoms with Crippen molar-refractivity contribution in [3.8, 4) is 0 Å². The molecule has 11 heavy (non-hydrogen) atoms. The van der Waals surface area contributed by atoms with Crippen molar-refractivity contribution < 1.29 is 19.7 Å². The summed E-state index contributed by atoms with van der Waals surface area (Å²) in [4.78, 5) is 0. The van der Waals surface area contributed by atoms with E-state index in [4.69, 9.17) is 14.6 Å². The smallest absolute Gasteiger partial charge is 0.164 e. The van der Waals surface area contributed by atoms with Crippen molar-refractivity contribution in [3.63, 3.8) is 0 Å². The Morgan fingerprint density at radius 1 is 1.55 bits per heavy atom. The normalized spacial score (nSPS) is 31.6. The fourth-order valence-electron chi connectivity index (χ4n) is 1.02. The summed E-state index contributed by atoms with van der Waals surface area (Å²) in [5.74, 6) is 0.842. The van der Waals surface area contributed by atoms with Crippen LogP contribution in [0.4, 0.5) is 0 Å². The Morgan fingerprint density at radius 2 is 2.18 bits per heavy atom. The van der Waals surface area contributed by atoms with Gasteiger partial charge in [0.05, 0.1) is 7.11 Å². The SMILES string of the molecule is COC1=C(C)OCC(O)C1O. The Morgan fingerprint density at radius 3 is 2.64 bits per heavy atom. The summed E-state index contributed by atoms with van der Waals surface area (Å²) in [6.07, 6.45) is -1.83. The lowest BCUT2D eigenvalue weighted by atomic mass is 10.1. The Labute approximate surface area is 65.0 Å². The van der Waals surface area contributed by atoms with Crippen LogP contribution in [0.25, 0.3) is 0 Å². The van der Waals surface area contributed by atoms with Crippen LogP contribution in [-0.4, -0.2) is 36.1 Å². The first-order chi connectivity index (χ1) is 5.16. The van der Waals surface area contributed by atoms with Crippen molar-refractivity contribution in [3.05, 3.63) is 11.5 Å². The first kappa shape index (κ1) is 8.36. The zero-order valence-electron chi connectivity index (χ0n) is 6.57. The third-order valence-corrected chi connectivity index (χ3v) is 1.67. The molecule has 2 atom stereocenters. The van der Waals surface area contributed by atoms with Crippen molar-refractivity contribution in [2.24, 2.45) is 0 Å². The van der Waals surface area contributed by atoms with Crippen LogP contribution < -0.4 is 0 Å². The molecule has 2 N–H and O–H groups in total. The van der Waals surface area contributed by atoms with Crippen LogP contribution in [-0.2, 0) is 9.47 Å². The van der Waals surface area contributed by atoms with Gasteiger partial charge >= 0.3 is 0 Å². The molecule has 0 saturated heterocycles. The second kappa shape index (κ2) is 3.11. The standard InChI is InChI=1S/C7H12O4/c1-4-7(10-2)6(9)5(8)3-11-4/h5-6,8-9H,3H2,1-2H3. The van der Waals surface area contributed by atoms with Gasteiger partial charge in [-0.3, -0.25) is 0 Å². The van der Waals surface area contributed by atoms with Gasteiger partial charge in [0.15, 0.2) is 5.76 Å². The molecule has 64 valence electrons. The molecule has 0 radical (unpaired) electrons. The molecule has 0 saturated carbocycles. The molecule has 1 rings (SSSR count). The summed E-state index contributed by atoms with van der Waals surface area (Å²) in [6, 6.07) is 0. The molecule has 0 aromatic heterocycles. The van der Waals surface area contributed by atoms with Gasteiger partial charge in [-0.05, 0) is 6.92 Å². The maximum Gasteiger partial charge on any atom is 0.164 e. The van der Waals surface area contributed by atoms with Crippen LogP contribution in [0.5, 0.6) is 0 Å². The average molecular weight is 160 g/mol. The van der Waals surface area contributed by atoms with Gasteiger partial charge in [0, 0.05) is 0 Å². The second-order valence-electron chi connectivity index (χ2n) is 2.45. The largest absolute Gasteiger partial charge is 0.495 e. The first-order valence-corrected chi connectivity index (χ1v) is 3.40. The average Bonchev–Trinajstić information content (AvgIpc) is 1.99. The molecule has 0 spiro atoms. The number of aliphatic hydroxyl groups excluding tert-OH is 2. The molecule has 4 nitrogen and oxygen atoms in total. The summed E-state index contributed by atoms with van der Waals surface area (Å²) in [6.45, 7) is 1.81. The number of ether oxygens (including phenoxy) is 2. The second-order valence-corrected chi connectivity index (χ2v) is 2.45. The molecule has 1 heterocycles. The number of allylic oxidation sites excluding steroid dienone is 1. The number of rotatable bonds is 1. The van der Waals surface area contributed by atoms with E-state index in [9.17, 15) is 5.11 Å². The van der Waals surface area contributed by atoms with Crippen LogP contribution in [0.15, 0.2) is 11.5 Å². The maximum absolute atomic E-state index is 9.30. The first-order valence-electron chi connectivity index (χ1n) is 3.40. The van der Waals surface area contributed by atoms with Crippen molar-refractivity contribution >= 4 is 0 Å². The summed E-state index contributed by atoms with van der Waals surface area (Å²) in [5.41, 5.74) is 0. The topological polar surface area (TPSA) is 58.9 Å². The lowest BCUT2D eigenvalue weighted by molar-refractivity contribution is -0.0553. The van der Waals surface area contributed by atoms with Crippen LogP contribution in [0.2, 0.25) is 0 Å². The molecular weight excluding hydrogens is 148 g/mol. The molecule has 1 aliphatic heterocycles. The van der Waals surface area contributed by atoms with E-state index in [0.717, 1.165) is 0 Å². The summed E-state index contributed by atoms with van der Waals surface area (Å²) < 4.78 is 9.84. The summed E-state index contributed by atoms with van der Waals surface area (Å²) in [7, 11) is 1.43. The van der Waals surface area contributed by atoms with E-state index in [2.05, 4.69) is 0 Å². The number of methoxy groups -OCH3 is 1. The number of hydrogen-bond donors (Lipinski definition) is 2. The van der Waals surface area contributed by atoms with Crippen molar-refractivity contribution in [2.75, 3.05) is 13.7 Å². The molecule has 0 aromatic carbocycles. The van der Waals surface area contributed by atoms with E-state index in [1.165, 1.54) is 7.11 Å². The Balaban J connectivity index is 2.80. The highest BCUT2D eigenvalue weighted by atomic mass is 16.5. The van der Waals surface area contributed by atoms with Gasteiger partial charge in [-0.2, -0.15) is 0 Å². The van der Waals surface area contributed by atoms with Crippen LogP contribution >= 0.6 is 0 Å². The minimum Gasteiger partial charge on any atom is -0.495 e. The quantitative estimate of drug-likeness (QED) is 0.548. The van der Waals surface area contributed by atoms with E-state index >= 15 is 0 Å². The van der Waals surface area contributed by atoms with Gasteiger partial charge in [0.25, 0.3) is 0 Å². The van der Waals surface area contributed by atoms with E-state index in [1.807, 2.05) is 0 Å². The third-order valence-electron chi connectivity index (χ3n) is 1.67. The van der Waals surface area contributed by atoms with Gasteiger partial charge in [0.1, 0.15) is 24.6 Å². The molecule has 0 amide bonds. The van der Waals surface area contributed by atoms with Gasteiger partial charge in [-0.25, -0.2) is 0 Å². The molecular formula is C7H12O4. The van der Waals surface area contributed by atoms with Crippen molar-refractivity contribution in [1.29, 1.82) is 0 Å². The maximum atomic E-state index is 9.30. The zero-order chi connectivity index (χ0) is 8.43. The van der Waals surface area contributed by atoms with Crippen molar-refractivity contribution in [1.82, 2.24) is 0 Å². The van der Waals surface area contributed by atoms with Gasteiger partial charge in [-0.15, -0.1) is 0 Å². The van der Waals surface area contributed by atoms with E-state index in [1.54, 1.807) is 6.92 Å². The fourth-order valence-corrected chi connectivity index (χ4v) is 1.02. The fraction of sp³-hybridized carbons (Fsp3) is 0.714. The summed E-state index contributed by atoms with van der Waals surface area (Å²) >= 11 is 0. The van der Waals surface area contributed by atoms with Crippen LogP contribution in [0.1, 0.15) is 6.92 Å². The minimum absolute atomic E-state index is 0.125. The Bertz CT molecular complexity index is 175. The van der Waals surface area contributed by atoms with Crippen LogP contribution in [0, 0.1) is 0 Å². The Kier molecular flexibility index (Phi) is 2.36. The van der Waals surface area contributed by atoms with E-state index < -0.39 is 12.2 Å². The molecule has 0 aromatic rings. The van der Waals surface area contributed by atoms with E-state index in [0.29, 0.717) is 11.5 Å². The predicted octanol–water partition coefficient (Wildman–Crippen LogP) is -0.384. The van der Waals surface area contributed by atoms with Gasteiger partial charge in [0.2, 0.25) is 0 Å². The molecule has 4 heteroatoms. The molecule has 0 aliphatic carbocycles. The zero-order valence-corrected chi connectivity index (χ0v) is 6.57. The van der Waals surface area contributed by atoms with Gasteiger partial charge in [-0.1, -0.05) is 0 Å². The highest BCUT2D eigenvalue weighted by Crippen LogP contribution is 2.19. The lowest BCUT2D eigenvalue weighted by Gasteiger charge is -2.26. The van der Waals surface area contributed by atoms with E-state index in [-0.39, 0.29) is 6.61 Å². The molecule has 0 bridgehead atoms.